The lowest BCUT2D eigenvalue weighted by Gasteiger charge is -2.31. The minimum absolute atomic E-state index is 0.0482. The summed E-state index contributed by atoms with van der Waals surface area (Å²) < 4.78 is 40.4. The number of aliphatic hydroxyl groups excluding tert-OH is 1. The van der Waals surface area contributed by atoms with Crippen molar-refractivity contribution in [3.8, 4) is 6.07 Å². The highest BCUT2D eigenvalue weighted by molar-refractivity contribution is 6.30. The number of nitrogens with zero attached hydrogens (tertiary/aromatic N) is 4. The molecule has 1 aromatic carbocycles. The van der Waals surface area contributed by atoms with Crippen LogP contribution in [0.4, 0.5) is 24.7 Å². The molecular weight excluding hydrogens is 421 g/mol. The molecule has 6 nitrogen and oxygen atoms in total. The SMILES string of the molecule is Cc1cc(C(F)(F)F)c(C#N)c(N2CCC(O)C2C(=O)N(C)c2cccc(Cl)c2)n1. The first-order chi connectivity index (χ1) is 14.0. The van der Waals surface area contributed by atoms with E-state index in [1.54, 1.807) is 30.3 Å². The van der Waals surface area contributed by atoms with E-state index in [0.717, 1.165) is 6.07 Å². The van der Waals surface area contributed by atoms with E-state index in [-0.39, 0.29) is 24.5 Å². The summed E-state index contributed by atoms with van der Waals surface area (Å²) in [6.07, 6.45) is -5.76. The van der Waals surface area contributed by atoms with Crippen LogP contribution in [-0.2, 0) is 11.0 Å². The zero-order valence-electron chi connectivity index (χ0n) is 16.1. The summed E-state index contributed by atoms with van der Waals surface area (Å²) in [5.74, 6) is -0.817. The molecule has 2 unspecified atom stereocenters. The molecule has 1 aromatic heterocycles. The number of aliphatic hydroxyl groups is 1. The molecular formula is C20H18ClF3N4O2. The van der Waals surface area contributed by atoms with Gasteiger partial charge in [0.1, 0.15) is 23.5 Å². The van der Waals surface area contributed by atoms with E-state index in [4.69, 9.17) is 11.6 Å². The van der Waals surface area contributed by atoms with Crippen LogP contribution in [0, 0.1) is 18.3 Å². The number of aromatic nitrogens is 1. The zero-order valence-corrected chi connectivity index (χ0v) is 16.9. The van der Waals surface area contributed by atoms with Crippen LogP contribution in [-0.4, -0.2) is 41.7 Å². The normalized spacial score (nSPS) is 18.9. The third-order valence-electron chi connectivity index (χ3n) is 4.96. The number of alkyl halides is 3. The number of carbonyl (C=O) groups excluding carboxylic acids is 1. The minimum atomic E-state index is -4.76. The number of carbonyl (C=O) groups is 1. The molecule has 1 aliphatic heterocycles. The van der Waals surface area contributed by atoms with Gasteiger partial charge in [-0.3, -0.25) is 4.79 Å². The molecule has 0 spiro atoms. The lowest BCUT2D eigenvalue weighted by atomic mass is 10.1. The summed E-state index contributed by atoms with van der Waals surface area (Å²) in [5.41, 5.74) is -1.29. The molecule has 0 radical (unpaired) electrons. The van der Waals surface area contributed by atoms with Gasteiger partial charge in [0, 0.05) is 30.0 Å². The maximum Gasteiger partial charge on any atom is 0.417 e. The van der Waals surface area contributed by atoms with Crippen molar-refractivity contribution in [2.45, 2.75) is 31.7 Å². The van der Waals surface area contributed by atoms with E-state index in [2.05, 4.69) is 4.98 Å². The van der Waals surface area contributed by atoms with Crippen molar-refractivity contribution in [1.29, 1.82) is 5.26 Å². The van der Waals surface area contributed by atoms with Gasteiger partial charge in [0.25, 0.3) is 5.91 Å². The Hall–Kier alpha value is -2.83. The number of halogens is 4. The first-order valence-electron chi connectivity index (χ1n) is 9.01. The molecule has 10 heteroatoms. The van der Waals surface area contributed by atoms with Gasteiger partial charge in [-0.15, -0.1) is 0 Å². The second-order valence-electron chi connectivity index (χ2n) is 6.99. The highest BCUT2D eigenvalue weighted by Gasteiger charge is 2.44. The van der Waals surface area contributed by atoms with Crippen molar-refractivity contribution in [1.82, 2.24) is 4.98 Å². The van der Waals surface area contributed by atoms with Crippen LogP contribution >= 0.6 is 11.6 Å². The molecule has 0 aliphatic carbocycles. The number of hydrogen-bond acceptors (Lipinski definition) is 5. The topological polar surface area (TPSA) is 80.5 Å². The van der Waals surface area contributed by atoms with Gasteiger partial charge in [0.15, 0.2) is 0 Å². The number of benzene rings is 1. The van der Waals surface area contributed by atoms with E-state index in [0.29, 0.717) is 10.7 Å². The quantitative estimate of drug-likeness (QED) is 0.792. The van der Waals surface area contributed by atoms with E-state index in [1.165, 1.54) is 23.8 Å². The van der Waals surface area contributed by atoms with E-state index >= 15 is 0 Å². The molecule has 1 fully saturated rings. The van der Waals surface area contributed by atoms with Gasteiger partial charge in [-0.2, -0.15) is 18.4 Å². The molecule has 2 aromatic rings. The number of hydrogen-bond donors (Lipinski definition) is 1. The van der Waals surface area contributed by atoms with Crippen molar-refractivity contribution >= 4 is 29.0 Å². The maximum absolute atomic E-state index is 13.5. The van der Waals surface area contributed by atoms with Crippen LogP contribution in [0.1, 0.15) is 23.2 Å². The summed E-state index contributed by atoms with van der Waals surface area (Å²) >= 11 is 5.97. The number of nitriles is 1. The van der Waals surface area contributed by atoms with Crippen LogP contribution in [0.3, 0.4) is 0 Å². The predicted molar refractivity (Wildman–Crippen MR) is 105 cm³/mol. The smallest absolute Gasteiger partial charge is 0.390 e. The van der Waals surface area contributed by atoms with Gasteiger partial charge >= 0.3 is 6.18 Å². The predicted octanol–water partition coefficient (Wildman–Crippen LogP) is 3.54. The molecule has 30 heavy (non-hydrogen) atoms. The van der Waals surface area contributed by atoms with Crippen molar-refractivity contribution < 1.29 is 23.1 Å². The Balaban J connectivity index is 2.05. The number of pyridine rings is 1. The highest BCUT2D eigenvalue weighted by atomic mass is 35.5. The number of rotatable bonds is 3. The van der Waals surface area contributed by atoms with E-state index in [9.17, 15) is 28.3 Å². The maximum atomic E-state index is 13.5. The Kier molecular flexibility index (Phi) is 5.92. The lowest BCUT2D eigenvalue weighted by Crippen LogP contribution is -2.49. The number of anilines is 2. The summed E-state index contributed by atoms with van der Waals surface area (Å²) in [5, 5.41) is 20.3. The van der Waals surface area contributed by atoms with Gasteiger partial charge in [-0.1, -0.05) is 17.7 Å². The molecule has 2 atom stereocenters. The van der Waals surface area contributed by atoms with Crippen molar-refractivity contribution in [2.24, 2.45) is 0 Å². The third kappa shape index (κ3) is 4.06. The first-order valence-corrected chi connectivity index (χ1v) is 9.39. The summed E-state index contributed by atoms with van der Waals surface area (Å²) in [6, 6.07) is 7.64. The molecule has 0 saturated carbocycles. The fourth-order valence-corrected chi connectivity index (χ4v) is 3.70. The summed E-state index contributed by atoms with van der Waals surface area (Å²) in [7, 11) is 1.48. The fraction of sp³-hybridized carbons (Fsp3) is 0.350. The minimum Gasteiger partial charge on any atom is -0.390 e. The van der Waals surface area contributed by atoms with Gasteiger partial charge in [-0.05, 0) is 37.6 Å². The van der Waals surface area contributed by atoms with E-state index < -0.39 is 35.4 Å². The molecule has 1 amide bonds. The van der Waals surface area contributed by atoms with Gasteiger partial charge in [0.2, 0.25) is 0 Å². The largest absolute Gasteiger partial charge is 0.417 e. The van der Waals surface area contributed by atoms with Crippen LogP contribution in [0.25, 0.3) is 0 Å². The Morgan fingerprint density at radius 3 is 2.70 bits per heavy atom. The van der Waals surface area contributed by atoms with Crippen molar-refractivity contribution in [2.75, 3.05) is 23.4 Å². The summed E-state index contributed by atoms with van der Waals surface area (Å²) in [6.45, 7) is 1.45. The first kappa shape index (κ1) is 21.9. The monoisotopic (exact) mass is 438 g/mol. The lowest BCUT2D eigenvalue weighted by molar-refractivity contribution is -0.137. The fourth-order valence-electron chi connectivity index (χ4n) is 3.52. The van der Waals surface area contributed by atoms with Gasteiger partial charge in [-0.25, -0.2) is 4.98 Å². The molecule has 1 N–H and O–H groups in total. The molecule has 2 heterocycles. The van der Waals surface area contributed by atoms with Crippen molar-refractivity contribution in [3.63, 3.8) is 0 Å². The Bertz CT molecular complexity index is 1020. The van der Waals surface area contributed by atoms with E-state index in [1.807, 2.05) is 0 Å². The molecule has 0 bridgehead atoms. The van der Waals surface area contributed by atoms with Crippen LogP contribution < -0.4 is 9.80 Å². The molecule has 3 rings (SSSR count). The van der Waals surface area contributed by atoms with Crippen LogP contribution in [0.2, 0.25) is 5.02 Å². The molecule has 1 saturated heterocycles. The Morgan fingerprint density at radius 1 is 1.40 bits per heavy atom. The second kappa shape index (κ2) is 8.13. The Labute approximate surface area is 176 Å². The third-order valence-corrected chi connectivity index (χ3v) is 5.20. The molecule has 1 aliphatic rings. The average molecular weight is 439 g/mol. The Morgan fingerprint density at radius 2 is 2.10 bits per heavy atom. The average Bonchev–Trinajstić information content (AvgIpc) is 3.06. The van der Waals surface area contributed by atoms with Crippen LogP contribution in [0.5, 0.6) is 0 Å². The van der Waals surface area contributed by atoms with Gasteiger partial charge in [0.05, 0.1) is 11.7 Å². The molecule has 158 valence electrons. The van der Waals surface area contributed by atoms with Crippen molar-refractivity contribution in [3.05, 3.63) is 52.2 Å². The number of aryl methyl sites for hydroxylation is 1. The zero-order chi connectivity index (χ0) is 22.2. The number of amides is 1. The second-order valence-corrected chi connectivity index (χ2v) is 7.43. The standard InChI is InChI=1S/C20H18ClF3N4O2/c1-11-8-15(20(22,23)24)14(10-25)18(26-11)28-7-6-16(29)17(28)19(30)27(2)13-5-3-4-12(21)9-13/h3-5,8-9,16-17,29H,6-7H2,1-2H3. The summed E-state index contributed by atoms with van der Waals surface area (Å²) in [4.78, 5) is 19.8. The number of likely N-dealkylation sites (N-methyl/N-ethyl adjacent to an activating group) is 1. The van der Waals surface area contributed by atoms with Crippen LogP contribution in [0.15, 0.2) is 30.3 Å². The van der Waals surface area contributed by atoms with Gasteiger partial charge < -0.3 is 14.9 Å². The highest BCUT2D eigenvalue weighted by Crippen LogP contribution is 2.38.